The first-order chi connectivity index (χ1) is 14.9. The SMILES string of the molecule is Cc1nc(C)c(-c2nc(-c3cc(F)ccc3C)cc3cnc(NC(=O)C4CC4)cc23)s1. The molecule has 7 heteroatoms. The highest BCUT2D eigenvalue weighted by atomic mass is 32.1. The highest BCUT2D eigenvalue weighted by Crippen LogP contribution is 2.37. The second-order valence-electron chi connectivity index (χ2n) is 8.02. The summed E-state index contributed by atoms with van der Waals surface area (Å²) < 4.78 is 14.0. The fourth-order valence-corrected chi connectivity index (χ4v) is 4.64. The van der Waals surface area contributed by atoms with Gasteiger partial charge in [-0.1, -0.05) is 6.07 Å². The number of aromatic nitrogens is 3. The first kappa shape index (κ1) is 19.8. The van der Waals surface area contributed by atoms with Crippen molar-refractivity contribution in [2.45, 2.75) is 33.6 Å². The van der Waals surface area contributed by atoms with Crippen molar-refractivity contribution in [3.05, 3.63) is 58.6 Å². The van der Waals surface area contributed by atoms with Gasteiger partial charge in [-0.25, -0.2) is 19.3 Å². The number of amides is 1. The average molecular weight is 433 g/mol. The van der Waals surface area contributed by atoms with E-state index < -0.39 is 0 Å². The number of anilines is 1. The van der Waals surface area contributed by atoms with Gasteiger partial charge in [-0.05, 0) is 63.4 Å². The predicted molar refractivity (Wildman–Crippen MR) is 122 cm³/mol. The van der Waals surface area contributed by atoms with Crippen LogP contribution in [-0.2, 0) is 4.79 Å². The Bertz CT molecular complexity index is 1340. The molecule has 0 atom stereocenters. The van der Waals surface area contributed by atoms with E-state index in [1.54, 1.807) is 23.6 Å². The van der Waals surface area contributed by atoms with Crippen LogP contribution in [0, 0.1) is 32.5 Å². The van der Waals surface area contributed by atoms with Crippen LogP contribution in [0.3, 0.4) is 0 Å². The van der Waals surface area contributed by atoms with Crippen molar-refractivity contribution in [3.8, 4) is 21.8 Å². The van der Waals surface area contributed by atoms with Gasteiger partial charge in [0.15, 0.2) is 0 Å². The Hall–Kier alpha value is -3.19. The molecule has 1 N–H and O–H groups in total. The Morgan fingerprint density at radius 2 is 1.94 bits per heavy atom. The van der Waals surface area contributed by atoms with Crippen LogP contribution in [0.2, 0.25) is 0 Å². The minimum atomic E-state index is -0.301. The number of carbonyl (C=O) groups is 1. The van der Waals surface area contributed by atoms with Crippen LogP contribution in [0.25, 0.3) is 32.6 Å². The van der Waals surface area contributed by atoms with Gasteiger partial charge in [-0.15, -0.1) is 11.3 Å². The third kappa shape index (κ3) is 3.81. The van der Waals surface area contributed by atoms with Crippen LogP contribution in [-0.4, -0.2) is 20.9 Å². The number of aryl methyl sites for hydroxylation is 3. The highest BCUT2D eigenvalue weighted by Gasteiger charge is 2.30. The summed E-state index contributed by atoms with van der Waals surface area (Å²) in [4.78, 5) is 27.1. The van der Waals surface area contributed by atoms with Crippen LogP contribution in [0.1, 0.15) is 29.1 Å². The summed E-state index contributed by atoms with van der Waals surface area (Å²) in [5, 5.41) is 5.62. The smallest absolute Gasteiger partial charge is 0.228 e. The van der Waals surface area contributed by atoms with E-state index in [1.165, 1.54) is 12.1 Å². The van der Waals surface area contributed by atoms with Gasteiger partial charge in [-0.2, -0.15) is 0 Å². The summed E-state index contributed by atoms with van der Waals surface area (Å²) >= 11 is 1.57. The summed E-state index contributed by atoms with van der Waals surface area (Å²) in [6.45, 7) is 5.87. The largest absolute Gasteiger partial charge is 0.310 e. The minimum absolute atomic E-state index is 0.0122. The molecule has 5 nitrogen and oxygen atoms in total. The molecule has 3 aromatic heterocycles. The molecule has 31 heavy (non-hydrogen) atoms. The van der Waals surface area contributed by atoms with E-state index in [0.29, 0.717) is 11.5 Å². The number of benzene rings is 1. The van der Waals surface area contributed by atoms with Crippen LogP contribution in [0.5, 0.6) is 0 Å². The maximum atomic E-state index is 14.0. The summed E-state index contributed by atoms with van der Waals surface area (Å²) in [6, 6.07) is 8.51. The number of hydrogen-bond acceptors (Lipinski definition) is 5. The molecule has 4 aromatic rings. The lowest BCUT2D eigenvalue weighted by atomic mass is 10.0. The van der Waals surface area contributed by atoms with Gasteiger partial charge >= 0.3 is 0 Å². The fraction of sp³-hybridized carbons (Fsp3) is 0.250. The van der Waals surface area contributed by atoms with Gasteiger partial charge in [0.25, 0.3) is 0 Å². The lowest BCUT2D eigenvalue weighted by Crippen LogP contribution is -2.14. The van der Waals surface area contributed by atoms with Crippen LogP contribution in [0.15, 0.2) is 36.5 Å². The first-order valence-corrected chi connectivity index (χ1v) is 11.0. The molecule has 1 saturated carbocycles. The van der Waals surface area contributed by atoms with Crippen molar-refractivity contribution in [2.75, 3.05) is 5.32 Å². The van der Waals surface area contributed by atoms with E-state index in [9.17, 15) is 9.18 Å². The van der Waals surface area contributed by atoms with E-state index in [-0.39, 0.29) is 17.6 Å². The molecular weight excluding hydrogens is 411 g/mol. The molecule has 1 fully saturated rings. The Kier molecular flexibility index (Phi) is 4.78. The van der Waals surface area contributed by atoms with E-state index in [2.05, 4.69) is 15.3 Å². The molecule has 1 amide bonds. The fourth-order valence-electron chi connectivity index (χ4n) is 3.72. The molecular formula is C24H21FN4OS. The molecule has 3 heterocycles. The molecule has 1 aromatic carbocycles. The number of hydrogen-bond donors (Lipinski definition) is 1. The number of thiazole rings is 1. The first-order valence-electron chi connectivity index (χ1n) is 10.2. The molecule has 0 aliphatic heterocycles. The molecule has 0 radical (unpaired) electrons. The zero-order valence-corrected chi connectivity index (χ0v) is 18.3. The summed E-state index contributed by atoms with van der Waals surface area (Å²) in [5.74, 6) is 0.323. The van der Waals surface area contributed by atoms with Gasteiger partial charge in [0.1, 0.15) is 11.6 Å². The predicted octanol–water partition coefficient (Wildman–Crippen LogP) is 5.83. The number of halogens is 1. The topological polar surface area (TPSA) is 67.8 Å². The highest BCUT2D eigenvalue weighted by molar-refractivity contribution is 7.15. The maximum Gasteiger partial charge on any atom is 0.228 e. The average Bonchev–Trinajstić information content (AvgIpc) is 3.53. The number of fused-ring (bicyclic) bond motifs is 1. The zero-order chi connectivity index (χ0) is 21.7. The molecule has 5 rings (SSSR count). The van der Waals surface area contributed by atoms with Crippen molar-refractivity contribution in [1.82, 2.24) is 15.0 Å². The number of nitrogens with zero attached hydrogens (tertiary/aromatic N) is 3. The standard InChI is InChI=1S/C24H21FN4OS/c1-12-4-7-17(25)9-18(12)20-8-16-11-26-21(29-24(30)15-5-6-15)10-19(16)22(28-20)23-13(2)27-14(3)31-23/h4,7-11,15H,5-6H2,1-3H3,(H,26,29,30). The summed E-state index contributed by atoms with van der Waals surface area (Å²) in [6.07, 6.45) is 3.61. The normalized spacial score (nSPS) is 13.5. The molecule has 1 aliphatic rings. The third-order valence-electron chi connectivity index (χ3n) is 5.51. The summed E-state index contributed by atoms with van der Waals surface area (Å²) in [7, 11) is 0. The van der Waals surface area contributed by atoms with E-state index in [1.807, 2.05) is 32.9 Å². The van der Waals surface area contributed by atoms with E-state index in [0.717, 1.165) is 56.0 Å². The van der Waals surface area contributed by atoms with Gasteiger partial charge in [0, 0.05) is 28.5 Å². The van der Waals surface area contributed by atoms with Crippen molar-refractivity contribution in [2.24, 2.45) is 5.92 Å². The Balaban J connectivity index is 1.71. The number of rotatable bonds is 4. The lowest BCUT2D eigenvalue weighted by Gasteiger charge is -2.12. The van der Waals surface area contributed by atoms with Crippen molar-refractivity contribution < 1.29 is 9.18 Å². The lowest BCUT2D eigenvalue weighted by molar-refractivity contribution is -0.117. The second kappa shape index (κ2) is 7.50. The van der Waals surface area contributed by atoms with Crippen molar-refractivity contribution >= 4 is 33.8 Å². The summed E-state index contributed by atoms with van der Waals surface area (Å²) in [5.41, 5.74) is 4.03. The molecule has 0 spiro atoms. The van der Waals surface area contributed by atoms with Crippen LogP contribution < -0.4 is 5.32 Å². The monoisotopic (exact) mass is 432 g/mol. The number of pyridine rings is 2. The Morgan fingerprint density at radius 3 is 2.65 bits per heavy atom. The third-order valence-corrected chi connectivity index (χ3v) is 6.59. The van der Waals surface area contributed by atoms with Gasteiger partial charge in [0.2, 0.25) is 5.91 Å². The zero-order valence-electron chi connectivity index (χ0n) is 17.5. The van der Waals surface area contributed by atoms with Gasteiger partial charge < -0.3 is 5.32 Å². The second-order valence-corrected chi connectivity index (χ2v) is 9.22. The van der Waals surface area contributed by atoms with E-state index in [4.69, 9.17) is 4.98 Å². The molecule has 0 unspecified atom stereocenters. The van der Waals surface area contributed by atoms with Gasteiger partial charge in [-0.3, -0.25) is 4.79 Å². The van der Waals surface area contributed by atoms with Crippen molar-refractivity contribution in [3.63, 3.8) is 0 Å². The Morgan fingerprint density at radius 1 is 1.13 bits per heavy atom. The number of carbonyl (C=O) groups excluding carboxylic acids is 1. The molecule has 156 valence electrons. The molecule has 1 aliphatic carbocycles. The van der Waals surface area contributed by atoms with Crippen molar-refractivity contribution in [1.29, 1.82) is 0 Å². The molecule has 0 saturated heterocycles. The van der Waals surface area contributed by atoms with Crippen LogP contribution >= 0.6 is 11.3 Å². The van der Waals surface area contributed by atoms with E-state index >= 15 is 0 Å². The van der Waals surface area contributed by atoms with Gasteiger partial charge in [0.05, 0.1) is 27.0 Å². The molecule has 0 bridgehead atoms. The maximum absolute atomic E-state index is 14.0. The van der Waals surface area contributed by atoms with Crippen LogP contribution in [0.4, 0.5) is 10.2 Å². The quantitative estimate of drug-likeness (QED) is 0.440. The minimum Gasteiger partial charge on any atom is -0.310 e. The Labute approximate surface area is 183 Å². The number of nitrogens with one attached hydrogen (secondary N) is 1.